The molecule has 0 aliphatic heterocycles. The van der Waals surface area contributed by atoms with Crippen molar-refractivity contribution in [2.45, 2.75) is 25.7 Å². The molecule has 0 atom stereocenters. The fraction of sp³-hybridized carbons (Fsp3) is 0.158. The van der Waals surface area contributed by atoms with Crippen molar-refractivity contribution in [3.8, 4) is 17.1 Å². The number of nitrogens with zero attached hydrogens (tertiary/aromatic N) is 2. The highest BCUT2D eigenvalue weighted by atomic mass is 35.5. The van der Waals surface area contributed by atoms with Crippen LogP contribution in [0.1, 0.15) is 16.7 Å². The zero-order chi connectivity index (χ0) is 19.8. The summed E-state index contributed by atoms with van der Waals surface area (Å²) in [6.07, 6.45) is 3.04. The van der Waals surface area contributed by atoms with Crippen molar-refractivity contribution in [2.24, 2.45) is 0 Å². The standard InChI is InChI=1S/C19H18ClN3O3S/c1-11-7-12(2)18(13(3)8-11)27(25,26)23-14-9-15(17(24)16(20)10-14)19-21-5-4-6-22-19/h4-10,23-24H,1-3H3. The summed E-state index contributed by atoms with van der Waals surface area (Å²) in [5.41, 5.74) is 2.73. The molecule has 2 aromatic carbocycles. The lowest BCUT2D eigenvalue weighted by Gasteiger charge is -2.15. The van der Waals surface area contributed by atoms with Gasteiger partial charge in [-0.2, -0.15) is 0 Å². The van der Waals surface area contributed by atoms with Crippen LogP contribution in [0.2, 0.25) is 5.02 Å². The minimum atomic E-state index is -3.85. The van der Waals surface area contributed by atoms with Gasteiger partial charge in [-0.1, -0.05) is 29.3 Å². The first-order valence-electron chi connectivity index (χ1n) is 8.09. The molecule has 140 valence electrons. The second kappa shape index (κ2) is 7.17. The molecule has 0 fully saturated rings. The predicted molar refractivity (Wildman–Crippen MR) is 106 cm³/mol. The Balaban J connectivity index is 2.07. The van der Waals surface area contributed by atoms with Gasteiger partial charge in [0.15, 0.2) is 5.82 Å². The molecule has 2 N–H and O–H groups in total. The lowest BCUT2D eigenvalue weighted by atomic mass is 10.1. The van der Waals surface area contributed by atoms with Crippen molar-refractivity contribution in [1.29, 1.82) is 0 Å². The molecule has 0 bridgehead atoms. The van der Waals surface area contributed by atoms with Gasteiger partial charge in [-0.15, -0.1) is 0 Å². The molecule has 0 aliphatic rings. The van der Waals surface area contributed by atoms with Crippen LogP contribution in [0.15, 0.2) is 47.6 Å². The summed E-state index contributed by atoms with van der Waals surface area (Å²) in [6, 6.07) is 8.06. The fourth-order valence-corrected chi connectivity index (χ4v) is 4.78. The highest BCUT2D eigenvalue weighted by Crippen LogP contribution is 2.37. The average Bonchev–Trinajstić information content (AvgIpc) is 2.57. The van der Waals surface area contributed by atoms with Crippen molar-refractivity contribution in [3.05, 3.63) is 64.4 Å². The van der Waals surface area contributed by atoms with Gasteiger partial charge in [-0.05, 0) is 50.1 Å². The van der Waals surface area contributed by atoms with E-state index in [0.29, 0.717) is 11.1 Å². The molecule has 0 spiro atoms. The lowest BCUT2D eigenvalue weighted by Crippen LogP contribution is -2.16. The average molecular weight is 404 g/mol. The number of aromatic hydroxyl groups is 1. The molecule has 3 aromatic rings. The number of aromatic nitrogens is 2. The van der Waals surface area contributed by atoms with E-state index in [0.717, 1.165) is 5.56 Å². The molecule has 0 unspecified atom stereocenters. The first kappa shape index (κ1) is 19.1. The molecule has 0 amide bonds. The molecular formula is C19H18ClN3O3S. The summed E-state index contributed by atoms with van der Waals surface area (Å²) in [6.45, 7) is 5.42. The van der Waals surface area contributed by atoms with Crippen LogP contribution in [0.3, 0.4) is 0 Å². The lowest BCUT2D eigenvalue weighted by molar-refractivity contribution is 0.477. The summed E-state index contributed by atoms with van der Waals surface area (Å²) < 4.78 is 28.4. The maximum absolute atomic E-state index is 13.0. The fourth-order valence-electron chi connectivity index (χ4n) is 3.06. The van der Waals surface area contributed by atoms with Crippen LogP contribution in [0.5, 0.6) is 5.75 Å². The zero-order valence-electron chi connectivity index (χ0n) is 15.0. The highest BCUT2D eigenvalue weighted by molar-refractivity contribution is 7.92. The van der Waals surface area contributed by atoms with Crippen LogP contribution in [0, 0.1) is 20.8 Å². The van der Waals surface area contributed by atoms with Gasteiger partial charge in [0, 0.05) is 12.4 Å². The maximum atomic E-state index is 13.0. The monoisotopic (exact) mass is 403 g/mol. The normalized spacial score (nSPS) is 11.4. The third-order valence-electron chi connectivity index (χ3n) is 4.00. The van der Waals surface area contributed by atoms with Crippen LogP contribution in [0.25, 0.3) is 11.4 Å². The quantitative estimate of drug-likeness (QED) is 0.636. The Bertz CT molecular complexity index is 1090. The Morgan fingerprint density at radius 2 is 1.59 bits per heavy atom. The van der Waals surface area contributed by atoms with E-state index >= 15 is 0 Å². The summed E-state index contributed by atoms with van der Waals surface area (Å²) in [7, 11) is -3.85. The number of benzene rings is 2. The van der Waals surface area contributed by atoms with E-state index in [1.807, 2.05) is 19.1 Å². The number of aryl methyl sites for hydroxylation is 3. The maximum Gasteiger partial charge on any atom is 0.262 e. The van der Waals surface area contributed by atoms with Crippen molar-refractivity contribution in [2.75, 3.05) is 4.72 Å². The summed E-state index contributed by atoms with van der Waals surface area (Å²) in [5.74, 6) is 0.0224. The van der Waals surface area contributed by atoms with Gasteiger partial charge in [-0.3, -0.25) is 4.72 Å². The van der Waals surface area contributed by atoms with Gasteiger partial charge in [0.2, 0.25) is 0 Å². The van der Waals surface area contributed by atoms with Crippen LogP contribution in [-0.4, -0.2) is 23.5 Å². The van der Waals surface area contributed by atoms with Crippen molar-refractivity contribution in [1.82, 2.24) is 9.97 Å². The van der Waals surface area contributed by atoms with E-state index in [4.69, 9.17) is 11.6 Å². The molecular weight excluding hydrogens is 386 g/mol. The van der Waals surface area contributed by atoms with E-state index in [2.05, 4.69) is 14.7 Å². The van der Waals surface area contributed by atoms with Crippen LogP contribution in [-0.2, 0) is 10.0 Å². The van der Waals surface area contributed by atoms with Crippen molar-refractivity contribution in [3.63, 3.8) is 0 Å². The van der Waals surface area contributed by atoms with Crippen LogP contribution in [0.4, 0.5) is 5.69 Å². The van der Waals surface area contributed by atoms with Crippen molar-refractivity contribution >= 4 is 27.3 Å². The van der Waals surface area contributed by atoms with E-state index < -0.39 is 10.0 Å². The smallest absolute Gasteiger partial charge is 0.262 e. The molecule has 3 rings (SSSR count). The van der Waals surface area contributed by atoms with Crippen LogP contribution < -0.4 is 4.72 Å². The third kappa shape index (κ3) is 3.89. The molecule has 1 aromatic heterocycles. The number of nitrogens with one attached hydrogen (secondary N) is 1. The molecule has 6 nitrogen and oxygen atoms in total. The SMILES string of the molecule is Cc1cc(C)c(S(=O)(=O)Nc2cc(Cl)c(O)c(-c3ncccn3)c2)c(C)c1. The molecule has 8 heteroatoms. The third-order valence-corrected chi connectivity index (χ3v) is 5.97. The molecule has 0 saturated carbocycles. The van der Waals surface area contributed by atoms with Crippen LogP contribution >= 0.6 is 11.6 Å². The first-order chi connectivity index (χ1) is 12.7. The largest absolute Gasteiger partial charge is 0.506 e. The highest BCUT2D eigenvalue weighted by Gasteiger charge is 2.22. The number of phenols is 1. The second-order valence-corrected chi connectivity index (χ2v) is 8.29. The molecule has 0 aliphatic carbocycles. The molecule has 0 radical (unpaired) electrons. The number of phenolic OH excluding ortho intramolecular Hbond substituents is 1. The van der Waals surface area contributed by atoms with Gasteiger partial charge in [0.1, 0.15) is 5.75 Å². The zero-order valence-corrected chi connectivity index (χ0v) is 16.6. The second-order valence-electron chi connectivity index (χ2n) is 6.26. The molecule has 27 heavy (non-hydrogen) atoms. The number of hydrogen-bond acceptors (Lipinski definition) is 5. The van der Waals surface area contributed by atoms with Gasteiger partial charge < -0.3 is 5.11 Å². The van der Waals surface area contributed by atoms with Gasteiger partial charge >= 0.3 is 0 Å². The van der Waals surface area contributed by atoms with E-state index in [9.17, 15) is 13.5 Å². The van der Waals surface area contributed by atoms with Gasteiger partial charge in [0.05, 0.1) is 21.2 Å². The number of anilines is 1. The minimum absolute atomic E-state index is 0.00463. The van der Waals surface area contributed by atoms with Gasteiger partial charge in [-0.25, -0.2) is 18.4 Å². The van der Waals surface area contributed by atoms with E-state index in [1.54, 1.807) is 19.9 Å². The number of halogens is 1. The molecule has 0 saturated heterocycles. The Morgan fingerprint density at radius 1 is 1.00 bits per heavy atom. The number of sulfonamides is 1. The van der Waals surface area contributed by atoms with Crippen molar-refractivity contribution < 1.29 is 13.5 Å². The van der Waals surface area contributed by atoms with E-state index in [1.165, 1.54) is 24.5 Å². The molecule has 1 heterocycles. The Hall–Kier alpha value is -2.64. The number of hydrogen-bond donors (Lipinski definition) is 2. The summed E-state index contributed by atoms with van der Waals surface area (Å²) >= 11 is 6.09. The van der Waals surface area contributed by atoms with Gasteiger partial charge in [0.25, 0.3) is 10.0 Å². The first-order valence-corrected chi connectivity index (χ1v) is 9.95. The summed E-state index contributed by atoms with van der Waals surface area (Å²) in [5, 5.41) is 10.2. The Morgan fingerprint density at radius 3 is 2.19 bits per heavy atom. The Labute approximate surface area is 162 Å². The summed E-state index contributed by atoms with van der Waals surface area (Å²) in [4.78, 5) is 8.37. The van der Waals surface area contributed by atoms with E-state index in [-0.39, 0.29) is 32.7 Å². The Kier molecular flexibility index (Phi) is 5.08. The minimum Gasteiger partial charge on any atom is -0.506 e. The number of rotatable bonds is 4. The predicted octanol–water partition coefficient (Wildman–Crippen LogP) is 4.23. The topological polar surface area (TPSA) is 92.2 Å².